The summed E-state index contributed by atoms with van der Waals surface area (Å²) in [5.41, 5.74) is 7.68. The summed E-state index contributed by atoms with van der Waals surface area (Å²) in [4.78, 5) is 3.21. The van der Waals surface area contributed by atoms with Crippen LogP contribution in [0.1, 0.15) is 24.0 Å². The molecule has 0 aliphatic rings. The zero-order valence-electron chi connectivity index (χ0n) is 13.8. The highest BCUT2D eigenvalue weighted by atomic mass is 35.5. The Morgan fingerprint density at radius 1 is 1.04 bits per heavy atom. The number of aryl methyl sites for hydroxylation is 1. The topological polar surface area (TPSA) is 41.8 Å². The molecule has 3 rings (SSSR count). The van der Waals surface area contributed by atoms with Gasteiger partial charge in [0.15, 0.2) is 0 Å². The number of halogens is 5. The van der Waals surface area contributed by atoms with Crippen LogP contribution in [0.15, 0.2) is 36.4 Å². The molecule has 0 amide bonds. The van der Waals surface area contributed by atoms with Crippen molar-refractivity contribution in [3.8, 4) is 11.3 Å². The number of nitrogens with two attached hydrogens (primary N) is 1. The molecule has 1 aromatic heterocycles. The average molecular weight is 401 g/mol. The number of nitrogens with one attached hydrogen (secondary N) is 1. The Morgan fingerprint density at radius 2 is 1.81 bits per heavy atom. The molecule has 3 aromatic rings. The lowest BCUT2D eigenvalue weighted by atomic mass is 9.99. The molecular weight excluding hydrogens is 384 g/mol. The molecule has 3 N–H and O–H groups in total. The second-order valence-corrected chi connectivity index (χ2v) is 6.87. The van der Waals surface area contributed by atoms with Crippen LogP contribution in [-0.4, -0.2) is 11.5 Å². The maximum Gasteiger partial charge on any atom is 0.416 e. The number of hydrogen-bond donors (Lipinski definition) is 2. The fourth-order valence-electron chi connectivity index (χ4n) is 3.06. The van der Waals surface area contributed by atoms with Gasteiger partial charge in [-0.2, -0.15) is 13.2 Å². The Kier molecular flexibility index (Phi) is 5.51. The van der Waals surface area contributed by atoms with Gasteiger partial charge in [-0.25, -0.2) is 0 Å². The van der Waals surface area contributed by atoms with Gasteiger partial charge in [-0.05, 0) is 55.6 Å². The highest BCUT2D eigenvalue weighted by Gasteiger charge is 2.31. The summed E-state index contributed by atoms with van der Waals surface area (Å²) in [5.74, 6) is 0. The predicted octanol–water partition coefficient (Wildman–Crippen LogP) is 6.44. The molecule has 138 valence electrons. The molecule has 0 unspecified atom stereocenters. The summed E-state index contributed by atoms with van der Waals surface area (Å²) in [6.07, 6.45) is -2.25. The van der Waals surface area contributed by atoms with E-state index in [9.17, 15) is 13.2 Å². The zero-order chi connectivity index (χ0) is 18.9. The summed E-state index contributed by atoms with van der Waals surface area (Å²) >= 11 is 12.5. The van der Waals surface area contributed by atoms with Crippen molar-refractivity contribution in [2.45, 2.75) is 25.4 Å². The SMILES string of the molecule is NCCCCc1c(-c2cccc(Cl)c2Cl)[nH]c2ccc(C(F)(F)F)cc12. The van der Waals surface area contributed by atoms with E-state index in [4.69, 9.17) is 28.9 Å². The van der Waals surface area contributed by atoms with E-state index >= 15 is 0 Å². The van der Waals surface area contributed by atoms with Gasteiger partial charge in [0.1, 0.15) is 0 Å². The number of alkyl halides is 3. The third-order valence-corrected chi connectivity index (χ3v) is 5.15. The van der Waals surface area contributed by atoms with Crippen LogP contribution < -0.4 is 5.73 Å². The molecule has 0 aliphatic carbocycles. The molecule has 0 spiro atoms. The zero-order valence-corrected chi connectivity index (χ0v) is 15.3. The average Bonchev–Trinajstić information content (AvgIpc) is 2.94. The van der Waals surface area contributed by atoms with Crippen molar-refractivity contribution >= 4 is 34.1 Å². The van der Waals surface area contributed by atoms with Gasteiger partial charge in [-0.1, -0.05) is 35.3 Å². The van der Waals surface area contributed by atoms with E-state index in [0.717, 1.165) is 24.5 Å². The van der Waals surface area contributed by atoms with Crippen LogP contribution in [0.2, 0.25) is 10.0 Å². The van der Waals surface area contributed by atoms with E-state index in [-0.39, 0.29) is 0 Å². The number of H-pyrrole nitrogens is 1. The van der Waals surface area contributed by atoms with E-state index < -0.39 is 11.7 Å². The lowest BCUT2D eigenvalue weighted by molar-refractivity contribution is -0.137. The lowest BCUT2D eigenvalue weighted by Crippen LogP contribution is -2.04. The molecule has 0 bridgehead atoms. The van der Waals surface area contributed by atoms with Gasteiger partial charge in [0, 0.05) is 16.5 Å². The van der Waals surface area contributed by atoms with Crippen molar-refractivity contribution in [1.82, 2.24) is 4.98 Å². The Labute approximate surface area is 159 Å². The van der Waals surface area contributed by atoms with Crippen molar-refractivity contribution in [2.24, 2.45) is 5.73 Å². The monoisotopic (exact) mass is 400 g/mol. The highest BCUT2D eigenvalue weighted by molar-refractivity contribution is 6.43. The van der Waals surface area contributed by atoms with Gasteiger partial charge in [-0.15, -0.1) is 0 Å². The molecule has 7 heteroatoms. The number of aromatic amines is 1. The first-order valence-corrected chi connectivity index (χ1v) is 8.94. The number of unbranched alkanes of at least 4 members (excludes halogenated alkanes) is 1. The summed E-state index contributed by atoms with van der Waals surface area (Å²) in [6.45, 7) is 0.531. The van der Waals surface area contributed by atoms with E-state index in [1.54, 1.807) is 18.2 Å². The van der Waals surface area contributed by atoms with Crippen molar-refractivity contribution < 1.29 is 13.2 Å². The third kappa shape index (κ3) is 3.70. The van der Waals surface area contributed by atoms with Crippen LogP contribution in [0, 0.1) is 0 Å². The predicted molar refractivity (Wildman–Crippen MR) is 101 cm³/mol. The standard InChI is InChI=1S/C19H17Cl2F3N2/c20-15-6-3-5-13(17(15)21)18-12(4-1-2-9-25)14-10-11(19(22,23)24)7-8-16(14)26-18/h3,5-8,10,26H,1-2,4,9,25H2. The first kappa shape index (κ1) is 19.1. The van der Waals surface area contributed by atoms with Gasteiger partial charge in [0.25, 0.3) is 0 Å². The largest absolute Gasteiger partial charge is 0.416 e. The highest BCUT2D eigenvalue weighted by Crippen LogP contribution is 2.40. The van der Waals surface area contributed by atoms with Crippen LogP contribution in [0.25, 0.3) is 22.2 Å². The quantitative estimate of drug-likeness (QED) is 0.475. The maximum atomic E-state index is 13.1. The maximum absolute atomic E-state index is 13.1. The molecule has 0 radical (unpaired) electrons. The Balaban J connectivity index is 2.21. The van der Waals surface area contributed by atoms with Crippen molar-refractivity contribution in [3.05, 3.63) is 57.6 Å². The summed E-state index contributed by atoms with van der Waals surface area (Å²) in [6, 6.07) is 8.95. The second-order valence-electron chi connectivity index (χ2n) is 6.08. The fraction of sp³-hybridized carbons (Fsp3) is 0.263. The van der Waals surface area contributed by atoms with Gasteiger partial charge in [-0.3, -0.25) is 0 Å². The Morgan fingerprint density at radius 3 is 2.50 bits per heavy atom. The number of rotatable bonds is 5. The van der Waals surface area contributed by atoms with E-state index in [2.05, 4.69) is 4.98 Å². The summed E-state index contributed by atoms with van der Waals surface area (Å²) in [7, 11) is 0. The second kappa shape index (κ2) is 7.51. The molecule has 2 nitrogen and oxygen atoms in total. The number of aromatic nitrogens is 1. The number of hydrogen-bond acceptors (Lipinski definition) is 1. The van der Waals surface area contributed by atoms with Crippen LogP contribution in [0.3, 0.4) is 0 Å². The molecule has 0 saturated carbocycles. The normalized spacial score (nSPS) is 12.1. The minimum absolute atomic E-state index is 0.372. The molecular formula is C19H17Cl2F3N2. The fourth-order valence-corrected chi connectivity index (χ4v) is 3.45. The molecule has 0 fully saturated rings. The Bertz CT molecular complexity index is 932. The van der Waals surface area contributed by atoms with Crippen LogP contribution in [0.5, 0.6) is 0 Å². The molecule has 0 atom stereocenters. The number of fused-ring (bicyclic) bond motifs is 1. The van der Waals surface area contributed by atoms with E-state index in [0.29, 0.717) is 45.2 Å². The van der Waals surface area contributed by atoms with Crippen molar-refractivity contribution in [2.75, 3.05) is 6.54 Å². The summed E-state index contributed by atoms with van der Waals surface area (Å²) < 4.78 is 39.4. The molecule has 26 heavy (non-hydrogen) atoms. The van der Waals surface area contributed by atoms with Crippen molar-refractivity contribution in [3.63, 3.8) is 0 Å². The minimum Gasteiger partial charge on any atom is -0.354 e. The van der Waals surface area contributed by atoms with Gasteiger partial charge in [0.05, 0.1) is 21.3 Å². The molecule has 1 heterocycles. The van der Waals surface area contributed by atoms with E-state index in [1.807, 2.05) is 0 Å². The van der Waals surface area contributed by atoms with Crippen LogP contribution in [-0.2, 0) is 12.6 Å². The van der Waals surface area contributed by atoms with Crippen molar-refractivity contribution in [1.29, 1.82) is 0 Å². The lowest BCUT2D eigenvalue weighted by Gasteiger charge is -2.09. The minimum atomic E-state index is -4.39. The third-order valence-electron chi connectivity index (χ3n) is 4.34. The first-order chi connectivity index (χ1) is 12.3. The van der Waals surface area contributed by atoms with Gasteiger partial charge in [0.2, 0.25) is 0 Å². The molecule has 2 aromatic carbocycles. The van der Waals surface area contributed by atoms with Crippen LogP contribution >= 0.6 is 23.2 Å². The smallest absolute Gasteiger partial charge is 0.354 e. The van der Waals surface area contributed by atoms with Gasteiger partial charge < -0.3 is 10.7 Å². The molecule has 0 saturated heterocycles. The van der Waals surface area contributed by atoms with Gasteiger partial charge >= 0.3 is 6.18 Å². The van der Waals surface area contributed by atoms with E-state index in [1.165, 1.54) is 12.1 Å². The Hall–Kier alpha value is -1.69. The first-order valence-electron chi connectivity index (χ1n) is 8.19. The number of benzene rings is 2. The van der Waals surface area contributed by atoms with Crippen LogP contribution in [0.4, 0.5) is 13.2 Å². The molecule has 0 aliphatic heterocycles. The summed E-state index contributed by atoms with van der Waals surface area (Å²) in [5, 5.41) is 1.31.